The Morgan fingerprint density at radius 3 is 2.45 bits per heavy atom. The first kappa shape index (κ1) is 18.9. The Morgan fingerprint density at radius 2 is 1.71 bits per heavy atom. The molecular formula is C20H19N9O2. The molecule has 0 bridgehead atoms. The molecule has 4 aromatic rings. The number of rotatable bonds is 4. The molecule has 0 atom stereocenters. The van der Waals surface area contributed by atoms with Crippen LogP contribution < -0.4 is 10.5 Å². The van der Waals surface area contributed by atoms with Crippen LogP contribution in [0.15, 0.2) is 60.2 Å². The number of amides is 1. The van der Waals surface area contributed by atoms with E-state index in [1.54, 1.807) is 29.4 Å². The summed E-state index contributed by atoms with van der Waals surface area (Å²) in [6.45, 7) is 2.33. The molecule has 0 N–H and O–H groups in total. The third kappa shape index (κ3) is 3.72. The molecule has 1 aromatic carbocycles. The number of fused-ring (bicyclic) bond motifs is 1. The van der Waals surface area contributed by atoms with Gasteiger partial charge in [-0.15, -0.1) is 10.2 Å². The highest BCUT2D eigenvalue weighted by atomic mass is 16.2. The molecule has 31 heavy (non-hydrogen) atoms. The summed E-state index contributed by atoms with van der Waals surface area (Å²) >= 11 is 0. The van der Waals surface area contributed by atoms with Gasteiger partial charge in [-0.3, -0.25) is 14.2 Å². The summed E-state index contributed by atoms with van der Waals surface area (Å²) in [4.78, 5) is 37.4. The molecule has 3 aromatic heterocycles. The van der Waals surface area contributed by atoms with Crippen molar-refractivity contribution in [2.45, 2.75) is 6.54 Å². The van der Waals surface area contributed by atoms with Gasteiger partial charge in [-0.25, -0.2) is 14.6 Å². The molecular weight excluding hydrogens is 398 g/mol. The van der Waals surface area contributed by atoms with E-state index in [4.69, 9.17) is 0 Å². The quantitative estimate of drug-likeness (QED) is 0.460. The standard InChI is InChI=1S/C20H19N9O2/c30-19(11-28-14-22-16-4-2-1-3-15(16)20(28)31)27-9-7-26(8-10-27)17-5-6-18(25-24-17)29-13-21-12-23-29/h1-6,12-14H,7-11H2. The van der Waals surface area contributed by atoms with Gasteiger partial charge in [-0.2, -0.15) is 5.10 Å². The minimum atomic E-state index is -0.208. The summed E-state index contributed by atoms with van der Waals surface area (Å²) in [5.74, 6) is 1.22. The zero-order valence-electron chi connectivity index (χ0n) is 16.6. The van der Waals surface area contributed by atoms with Crippen molar-refractivity contribution in [3.8, 4) is 5.82 Å². The summed E-state index contributed by atoms with van der Waals surface area (Å²) in [5, 5.41) is 13.0. The van der Waals surface area contributed by atoms with Crippen LogP contribution in [0.2, 0.25) is 0 Å². The zero-order chi connectivity index (χ0) is 21.2. The van der Waals surface area contributed by atoms with Crippen LogP contribution in [0.5, 0.6) is 0 Å². The molecule has 11 nitrogen and oxygen atoms in total. The van der Waals surface area contributed by atoms with Crippen molar-refractivity contribution in [1.82, 2.24) is 39.4 Å². The van der Waals surface area contributed by atoms with Crippen molar-refractivity contribution in [3.63, 3.8) is 0 Å². The summed E-state index contributed by atoms with van der Waals surface area (Å²) < 4.78 is 2.91. The van der Waals surface area contributed by atoms with Gasteiger partial charge in [0.15, 0.2) is 11.6 Å². The van der Waals surface area contributed by atoms with Gasteiger partial charge in [-0.05, 0) is 24.3 Å². The molecule has 5 rings (SSSR count). The number of para-hydroxylation sites is 1. The van der Waals surface area contributed by atoms with Gasteiger partial charge in [0, 0.05) is 26.2 Å². The maximum Gasteiger partial charge on any atom is 0.261 e. The molecule has 0 spiro atoms. The first-order valence-corrected chi connectivity index (χ1v) is 9.85. The van der Waals surface area contributed by atoms with Crippen LogP contribution >= 0.6 is 0 Å². The molecule has 0 saturated carbocycles. The molecule has 0 radical (unpaired) electrons. The highest BCUT2D eigenvalue weighted by Crippen LogP contribution is 2.14. The van der Waals surface area contributed by atoms with Gasteiger partial charge in [-0.1, -0.05) is 12.1 Å². The second kappa shape index (κ2) is 7.94. The van der Waals surface area contributed by atoms with E-state index >= 15 is 0 Å². The van der Waals surface area contributed by atoms with Crippen LogP contribution in [0.1, 0.15) is 0 Å². The molecule has 0 unspecified atom stereocenters. The number of anilines is 1. The lowest BCUT2D eigenvalue weighted by molar-refractivity contribution is -0.132. The minimum Gasteiger partial charge on any atom is -0.352 e. The summed E-state index contributed by atoms with van der Waals surface area (Å²) in [6, 6.07) is 10.8. The fourth-order valence-electron chi connectivity index (χ4n) is 3.58. The number of aromatic nitrogens is 7. The van der Waals surface area contributed by atoms with Crippen LogP contribution in [-0.4, -0.2) is 71.5 Å². The van der Waals surface area contributed by atoms with Gasteiger partial charge in [0.05, 0.1) is 17.2 Å². The molecule has 0 aliphatic carbocycles. The van der Waals surface area contributed by atoms with Crippen LogP contribution in [0.25, 0.3) is 16.7 Å². The molecule has 1 aliphatic rings. The normalized spacial score (nSPS) is 14.2. The second-order valence-electron chi connectivity index (χ2n) is 7.15. The van der Waals surface area contributed by atoms with E-state index in [0.29, 0.717) is 42.9 Å². The lowest BCUT2D eigenvalue weighted by atomic mass is 10.2. The Balaban J connectivity index is 1.22. The van der Waals surface area contributed by atoms with Gasteiger partial charge in [0.2, 0.25) is 5.91 Å². The Labute approximate surface area is 176 Å². The van der Waals surface area contributed by atoms with Crippen LogP contribution in [0, 0.1) is 0 Å². The molecule has 1 aliphatic heterocycles. The number of piperazine rings is 1. The fourth-order valence-corrected chi connectivity index (χ4v) is 3.58. The van der Waals surface area contributed by atoms with E-state index in [1.165, 1.54) is 21.9 Å². The maximum absolute atomic E-state index is 12.8. The average Bonchev–Trinajstić information content (AvgIpc) is 3.36. The van der Waals surface area contributed by atoms with Crippen LogP contribution in [-0.2, 0) is 11.3 Å². The van der Waals surface area contributed by atoms with Crippen molar-refractivity contribution in [3.05, 3.63) is 65.7 Å². The summed E-state index contributed by atoms with van der Waals surface area (Å²) in [7, 11) is 0. The van der Waals surface area contributed by atoms with Gasteiger partial charge in [0.25, 0.3) is 5.56 Å². The first-order valence-electron chi connectivity index (χ1n) is 9.85. The smallest absolute Gasteiger partial charge is 0.261 e. The van der Waals surface area contributed by atoms with Gasteiger partial charge < -0.3 is 9.80 Å². The van der Waals surface area contributed by atoms with Crippen molar-refractivity contribution in [1.29, 1.82) is 0 Å². The summed E-state index contributed by atoms with van der Waals surface area (Å²) in [6.07, 6.45) is 4.43. The molecule has 1 amide bonds. The number of hydrogen-bond acceptors (Lipinski definition) is 8. The lowest BCUT2D eigenvalue weighted by Gasteiger charge is -2.35. The number of carbonyl (C=O) groups is 1. The Morgan fingerprint density at radius 1 is 0.935 bits per heavy atom. The first-order chi connectivity index (χ1) is 15.2. The van der Waals surface area contributed by atoms with Gasteiger partial charge >= 0.3 is 0 Å². The monoisotopic (exact) mass is 417 g/mol. The highest BCUT2D eigenvalue weighted by molar-refractivity contribution is 5.79. The SMILES string of the molecule is O=C(Cn1cnc2ccccc2c1=O)N1CCN(c2ccc(-n3cncn3)nn2)CC1. The highest BCUT2D eigenvalue weighted by Gasteiger charge is 2.23. The van der Waals surface area contributed by atoms with Crippen LogP contribution in [0.4, 0.5) is 5.82 Å². The Hall–Kier alpha value is -4.15. The topological polar surface area (TPSA) is 115 Å². The lowest BCUT2D eigenvalue weighted by Crippen LogP contribution is -2.50. The molecule has 11 heteroatoms. The van der Waals surface area contributed by atoms with E-state index in [9.17, 15) is 9.59 Å². The maximum atomic E-state index is 12.8. The number of nitrogens with zero attached hydrogens (tertiary/aromatic N) is 9. The second-order valence-corrected chi connectivity index (χ2v) is 7.15. The van der Waals surface area contributed by atoms with E-state index in [-0.39, 0.29) is 18.0 Å². The number of hydrogen-bond donors (Lipinski definition) is 0. The fraction of sp³-hybridized carbons (Fsp3) is 0.250. The predicted molar refractivity (Wildman–Crippen MR) is 112 cm³/mol. The third-order valence-corrected chi connectivity index (χ3v) is 5.28. The number of carbonyl (C=O) groups excluding carboxylic acids is 1. The Bertz CT molecular complexity index is 1260. The van der Waals surface area contributed by atoms with E-state index in [2.05, 4.69) is 30.2 Å². The molecule has 1 fully saturated rings. The van der Waals surface area contributed by atoms with Crippen LogP contribution in [0.3, 0.4) is 0 Å². The van der Waals surface area contributed by atoms with Crippen molar-refractivity contribution in [2.24, 2.45) is 0 Å². The minimum absolute atomic E-state index is 0.0247. The predicted octanol–water partition coefficient (Wildman–Crippen LogP) is 0.116. The largest absolute Gasteiger partial charge is 0.352 e. The van der Waals surface area contributed by atoms with Gasteiger partial charge in [0.1, 0.15) is 19.2 Å². The molecule has 1 saturated heterocycles. The average molecular weight is 417 g/mol. The van der Waals surface area contributed by atoms with E-state index in [0.717, 1.165) is 5.82 Å². The molecule has 156 valence electrons. The zero-order valence-corrected chi connectivity index (χ0v) is 16.6. The van der Waals surface area contributed by atoms with Crippen molar-refractivity contribution in [2.75, 3.05) is 31.1 Å². The van der Waals surface area contributed by atoms with Crippen molar-refractivity contribution < 1.29 is 4.79 Å². The molecule has 4 heterocycles. The Kier molecular flexibility index (Phi) is 4.83. The number of benzene rings is 1. The third-order valence-electron chi connectivity index (χ3n) is 5.28. The van der Waals surface area contributed by atoms with E-state index < -0.39 is 0 Å². The summed E-state index contributed by atoms with van der Waals surface area (Å²) in [5.41, 5.74) is 0.418. The van der Waals surface area contributed by atoms with E-state index in [1.807, 2.05) is 18.2 Å². The van der Waals surface area contributed by atoms with Crippen molar-refractivity contribution >= 4 is 22.6 Å².